The smallest absolute Gasteiger partial charge is 0.287 e. The maximum Gasteiger partial charge on any atom is 0.368 e. The topological polar surface area (TPSA) is 17.1 Å². The van der Waals surface area contributed by atoms with Crippen LogP contribution in [-0.4, -0.2) is 18.1 Å². The molecule has 0 aliphatic rings. The van der Waals surface area contributed by atoms with Crippen LogP contribution in [0.2, 0.25) is 0 Å². The van der Waals surface area contributed by atoms with Gasteiger partial charge in [0.1, 0.15) is 0 Å². The van der Waals surface area contributed by atoms with Crippen LogP contribution in [0.1, 0.15) is 15.2 Å². The Morgan fingerprint density at radius 2 is 2.07 bits per heavy atom. The third-order valence-electron chi connectivity index (χ3n) is 1.71. The number of hydrogen-bond acceptors (Lipinski definition) is 2. The van der Waals surface area contributed by atoms with Crippen molar-refractivity contribution in [2.45, 2.75) is 19.3 Å². The Morgan fingerprint density at radius 3 is 2.40 bits per heavy atom. The third kappa shape index (κ3) is 2.39. The summed E-state index contributed by atoms with van der Waals surface area (Å²) in [6, 6.07) is 1.12. The van der Waals surface area contributed by atoms with Crippen LogP contribution in [-0.2, 0) is 0 Å². The van der Waals surface area contributed by atoms with Gasteiger partial charge in [0.2, 0.25) is 5.78 Å². The van der Waals surface area contributed by atoms with E-state index in [1.807, 2.05) is 0 Å². The van der Waals surface area contributed by atoms with Crippen molar-refractivity contribution >= 4 is 33.0 Å². The fourth-order valence-electron chi connectivity index (χ4n) is 0.950. The Bertz CT molecular complexity index is 388. The Labute approximate surface area is 95.2 Å². The number of ketones is 1. The van der Waals surface area contributed by atoms with Crippen molar-refractivity contribution in [3.05, 3.63) is 20.3 Å². The second-order valence-electron chi connectivity index (χ2n) is 2.77. The second-order valence-corrected chi connectivity index (χ2v) is 5.41. The molecule has 0 bridgehead atoms. The van der Waals surface area contributed by atoms with Crippen LogP contribution >= 0.6 is 27.3 Å². The van der Waals surface area contributed by atoms with Gasteiger partial charge in [-0.15, -0.1) is 11.3 Å². The monoisotopic (exact) mass is 304 g/mol. The summed E-state index contributed by atoms with van der Waals surface area (Å²) < 4.78 is 49.7. The first-order chi connectivity index (χ1) is 6.76. The molecule has 15 heavy (non-hydrogen) atoms. The highest BCUT2D eigenvalue weighted by atomic mass is 79.9. The first-order valence-corrected chi connectivity index (χ1v) is 5.34. The molecule has 84 valence electrons. The quantitative estimate of drug-likeness (QED) is 0.611. The van der Waals surface area contributed by atoms with E-state index >= 15 is 0 Å². The molecule has 0 unspecified atom stereocenters. The Morgan fingerprint density at radius 1 is 1.53 bits per heavy atom. The fraction of sp³-hybridized carbons (Fsp3) is 0.375. The zero-order valence-corrected chi connectivity index (χ0v) is 9.76. The van der Waals surface area contributed by atoms with Crippen molar-refractivity contribution < 1.29 is 22.4 Å². The first kappa shape index (κ1) is 12.6. The molecule has 0 aromatic carbocycles. The van der Waals surface area contributed by atoms with Crippen molar-refractivity contribution in [2.24, 2.45) is 0 Å². The molecule has 0 saturated carbocycles. The highest BCUT2D eigenvalue weighted by Gasteiger charge is 2.49. The molecule has 0 saturated heterocycles. The van der Waals surface area contributed by atoms with Gasteiger partial charge in [-0.25, -0.2) is 8.78 Å². The average molecular weight is 305 g/mol. The van der Waals surface area contributed by atoms with Gasteiger partial charge in [0.15, 0.2) is 0 Å². The zero-order valence-electron chi connectivity index (χ0n) is 7.36. The number of carbonyl (C=O) groups is 1. The molecule has 0 radical (unpaired) electrons. The molecule has 0 fully saturated rings. The molecular formula is C8H5BrF4OS. The maximum absolute atomic E-state index is 12.7. The molecule has 0 aliphatic heterocycles. The molecule has 0 N–H and O–H groups in total. The van der Waals surface area contributed by atoms with E-state index in [1.165, 1.54) is 6.92 Å². The first-order valence-electron chi connectivity index (χ1n) is 3.73. The summed E-state index contributed by atoms with van der Waals surface area (Å²) in [5.74, 6) is -6.46. The Kier molecular flexibility index (Phi) is 3.55. The zero-order chi connectivity index (χ0) is 11.8. The molecule has 0 atom stereocenters. The van der Waals surface area contributed by atoms with E-state index in [1.54, 1.807) is 0 Å². The summed E-state index contributed by atoms with van der Waals surface area (Å²) in [6.07, 6.45) is -3.98. The highest BCUT2D eigenvalue weighted by molar-refractivity contribution is 9.11. The lowest BCUT2D eigenvalue weighted by Crippen LogP contribution is -2.36. The van der Waals surface area contributed by atoms with Gasteiger partial charge in [0.05, 0.1) is 3.79 Å². The van der Waals surface area contributed by atoms with Crippen LogP contribution in [0.3, 0.4) is 0 Å². The van der Waals surface area contributed by atoms with Crippen LogP contribution in [0.15, 0.2) is 9.85 Å². The van der Waals surface area contributed by atoms with E-state index in [-0.39, 0.29) is 10.4 Å². The van der Waals surface area contributed by atoms with Crippen molar-refractivity contribution in [3.63, 3.8) is 0 Å². The molecule has 1 rings (SSSR count). The average Bonchev–Trinajstić information content (AvgIpc) is 2.43. The van der Waals surface area contributed by atoms with Crippen LogP contribution in [0.5, 0.6) is 0 Å². The fourth-order valence-corrected chi connectivity index (χ4v) is 2.64. The number of carbonyl (C=O) groups excluding carboxylic acids is 1. The van der Waals surface area contributed by atoms with E-state index in [2.05, 4.69) is 15.9 Å². The van der Waals surface area contributed by atoms with E-state index in [0.717, 1.165) is 17.4 Å². The minimum Gasteiger partial charge on any atom is -0.287 e. The lowest BCUT2D eigenvalue weighted by atomic mass is 10.1. The number of Topliss-reactive ketones (excluding diaryl/α,β-unsaturated/α-hetero) is 1. The van der Waals surface area contributed by atoms with E-state index in [0.29, 0.717) is 3.79 Å². The van der Waals surface area contributed by atoms with Crippen molar-refractivity contribution in [1.82, 2.24) is 0 Å². The normalized spacial score (nSPS) is 12.2. The molecule has 0 amide bonds. The van der Waals surface area contributed by atoms with Gasteiger partial charge in [-0.1, -0.05) is 0 Å². The molecule has 1 aromatic heterocycles. The Hall–Kier alpha value is -0.430. The second kappa shape index (κ2) is 4.21. The molecule has 0 spiro atoms. The van der Waals surface area contributed by atoms with Gasteiger partial charge in [-0.05, 0) is 28.9 Å². The summed E-state index contributed by atoms with van der Waals surface area (Å²) >= 11 is 4.03. The standard InChI is InChI=1S/C8H5BrF4OS/c1-3-4(2-5(9)15-3)6(14)8(12,13)7(10)11/h2,7H,1H3. The van der Waals surface area contributed by atoms with Gasteiger partial charge in [0.25, 0.3) is 0 Å². The summed E-state index contributed by atoms with van der Waals surface area (Å²) in [5, 5.41) is 0. The van der Waals surface area contributed by atoms with E-state index < -0.39 is 18.1 Å². The summed E-state index contributed by atoms with van der Waals surface area (Å²) in [7, 11) is 0. The third-order valence-corrected chi connectivity index (χ3v) is 3.26. The number of aryl methyl sites for hydroxylation is 1. The largest absolute Gasteiger partial charge is 0.368 e. The van der Waals surface area contributed by atoms with Gasteiger partial charge in [0, 0.05) is 10.4 Å². The van der Waals surface area contributed by atoms with E-state index in [9.17, 15) is 22.4 Å². The van der Waals surface area contributed by atoms with Crippen LogP contribution in [0.25, 0.3) is 0 Å². The number of rotatable bonds is 3. The van der Waals surface area contributed by atoms with Crippen LogP contribution in [0.4, 0.5) is 17.6 Å². The predicted molar refractivity (Wildman–Crippen MR) is 52.0 cm³/mol. The minimum absolute atomic E-state index is 0.284. The van der Waals surface area contributed by atoms with Gasteiger partial charge < -0.3 is 0 Å². The van der Waals surface area contributed by atoms with Gasteiger partial charge in [-0.2, -0.15) is 8.78 Å². The SMILES string of the molecule is Cc1sc(Br)cc1C(=O)C(F)(F)C(F)F. The van der Waals surface area contributed by atoms with Crippen LogP contribution < -0.4 is 0 Å². The Balaban J connectivity index is 3.10. The number of alkyl halides is 4. The van der Waals surface area contributed by atoms with Crippen LogP contribution in [0, 0.1) is 6.92 Å². The predicted octanol–water partition coefficient (Wildman–Crippen LogP) is 3.90. The molecule has 0 aliphatic carbocycles. The maximum atomic E-state index is 12.7. The lowest BCUT2D eigenvalue weighted by Gasteiger charge is -2.12. The molecular weight excluding hydrogens is 300 g/mol. The van der Waals surface area contributed by atoms with Gasteiger partial charge >= 0.3 is 12.3 Å². The highest BCUT2D eigenvalue weighted by Crippen LogP contribution is 2.33. The molecule has 1 aromatic rings. The molecule has 7 heteroatoms. The number of thiophene rings is 1. The summed E-state index contributed by atoms with van der Waals surface area (Å²) in [4.78, 5) is 11.4. The van der Waals surface area contributed by atoms with Gasteiger partial charge in [-0.3, -0.25) is 4.79 Å². The minimum atomic E-state index is -4.62. The number of halogens is 5. The molecule has 1 nitrogen and oxygen atoms in total. The summed E-state index contributed by atoms with van der Waals surface area (Å²) in [6.45, 7) is 1.42. The lowest BCUT2D eigenvalue weighted by molar-refractivity contribution is -0.0958. The van der Waals surface area contributed by atoms with Crippen molar-refractivity contribution in [2.75, 3.05) is 0 Å². The number of hydrogen-bond donors (Lipinski definition) is 0. The van der Waals surface area contributed by atoms with Crippen molar-refractivity contribution in [3.8, 4) is 0 Å². The van der Waals surface area contributed by atoms with Crippen molar-refractivity contribution in [1.29, 1.82) is 0 Å². The summed E-state index contributed by atoms with van der Waals surface area (Å²) in [5.41, 5.74) is -0.364. The van der Waals surface area contributed by atoms with E-state index in [4.69, 9.17) is 0 Å². The molecule has 1 heterocycles.